The average molecular weight is 565 g/mol. The third kappa shape index (κ3) is 6.00. The van der Waals surface area contributed by atoms with Gasteiger partial charge in [-0.2, -0.15) is 5.10 Å². The van der Waals surface area contributed by atoms with Crippen molar-refractivity contribution in [2.75, 3.05) is 18.0 Å². The van der Waals surface area contributed by atoms with Crippen LogP contribution in [0.1, 0.15) is 22.5 Å². The lowest BCUT2D eigenvalue weighted by atomic mass is 10.2. The molecule has 202 valence electrons. The van der Waals surface area contributed by atoms with E-state index in [0.29, 0.717) is 10.8 Å². The number of hydrogen-bond acceptors (Lipinski definition) is 5. The lowest BCUT2D eigenvalue weighted by molar-refractivity contribution is -0.119. The monoisotopic (exact) mass is 564 g/mol. The predicted octanol–water partition coefficient (Wildman–Crippen LogP) is 5.41. The summed E-state index contributed by atoms with van der Waals surface area (Å²) in [5.41, 5.74) is 6.98. The van der Waals surface area contributed by atoms with E-state index in [1.54, 1.807) is 36.4 Å². The first kappa shape index (κ1) is 27.9. The molecule has 4 aromatic rings. The molecule has 10 heteroatoms. The lowest BCUT2D eigenvalue weighted by Gasteiger charge is -2.25. The Balaban J connectivity index is 1.60. The second-order valence-electron chi connectivity index (χ2n) is 8.91. The van der Waals surface area contributed by atoms with E-state index in [1.807, 2.05) is 55.7 Å². The van der Waals surface area contributed by atoms with Gasteiger partial charge in [-0.15, -0.1) is 0 Å². The summed E-state index contributed by atoms with van der Waals surface area (Å²) in [6.07, 6.45) is 1.52. The second-order valence-corrected chi connectivity index (χ2v) is 11.2. The number of amides is 1. The molecule has 0 aliphatic rings. The van der Waals surface area contributed by atoms with Crippen molar-refractivity contribution in [3.8, 4) is 11.4 Å². The molecule has 0 saturated carbocycles. The Kier molecular flexibility index (Phi) is 8.42. The summed E-state index contributed by atoms with van der Waals surface area (Å²) in [5, 5.41) is 4.72. The number of anilines is 1. The Morgan fingerprint density at radius 3 is 2.41 bits per heavy atom. The number of benzene rings is 3. The van der Waals surface area contributed by atoms with E-state index >= 15 is 0 Å². The number of carbonyl (C=O) groups excluding carboxylic acids is 1. The van der Waals surface area contributed by atoms with Gasteiger partial charge in [0.15, 0.2) is 0 Å². The van der Waals surface area contributed by atoms with E-state index in [2.05, 4.69) is 10.5 Å². The number of sulfonamides is 1. The first-order chi connectivity index (χ1) is 18.6. The topological polar surface area (TPSA) is 93.0 Å². The van der Waals surface area contributed by atoms with Gasteiger partial charge >= 0.3 is 0 Å². The van der Waals surface area contributed by atoms with Crippen LogP contribution in [-0.2, 0) is 14.8 Å². The number of hydrogen-bond donors (Lipinski definition) is 1. The third-order valence-corrected chi connectivity index (χ3v) is 8.27. The van der Waals surface area contributed by atoms with Crippen LogP contribution in [0.2, 0.25) is 5.02 Å². The summed E-state index contributed by atoms with van der Waals surface area (Å²) in [5.74, 6) is -0.294. The van der Waals surface area contributed by atoms with Gasteiger partial charge in [-0.1, -0.05) is 48.0 Å². The molecule has 0 unspecified atom stereocenters. The van der Waals surface area contributed by atoms with Crippen LogP contribution in [-0.4, -0.2) is 38.8 Å². The van der Waals surface area contributed by atoms with Gasteiger partial charge in [-0.25, -0.2) is 13.8 Å². The highest BCUT2D eigenvalue weighted by atomic mass is 35.5. The van der Waals surface area contributed by atoms with Crippen molar-refractivity contribution in [2.45, 2.75) is 25.7 Å². The molecule has 0 fully saturated rings. The Labute approximate surface area is 233 Å². The minimum absolute atomic E-state index is 0.0527. The number of ether oxygens (including phenoxy) is 1. The second kappa shape index (κ2) is 11.8. The smallest absolute Gasteiger partial charge is 0.264 e. The average Bonchev–Trinajstić information content (AvgIpc) is 3.20. The number of nitrogens with zero attached hydrogens (tertiary/aromatic N) is 3. The number of nitrogens with one attached hydrogen (secondary N) is 1. The molecular formula is C29H29ClN4O4S. The number of para-hydroxylation sites is 1. The maximum absolute atomic E-state index is 13.6. The molecule has 8 nitrogen and oxygen atoms in total. The highest BCUT2D eigenvalue weighted by Gasteiger charge is 2.29. The number of aromatic nitrogens is 1. The molecule has 0 saturated heterocycles. The number of methoxy groups -OCH3 is 1. The van der Waals surface area contributed by atoms with E-state index in [-0.39, 0.29) is 10.6 Å². The standard InChI is InChI=1S/C29H29ClN4O4S/c1-20-14-15-28(38-4)27(16-20)33(39(36,37)24-10-6-5-7-11-24)19-29(35)32-31-18-23-17-21(2)34(22(23)3)26-13-9-8-12-25(26)30/h5-18H,19H2,1-4H3,(H,32,35)/b31-18-. The molecule has 0 atom stereocenters. The van der Waals surface area contributed by atoms with Gasteiger partial charge in [0, 0.05) is 17.0 Å². The van der Waals surface area contributed by atoms with Gasteiger partial charge < -0.3 is 9.30 Å². The summed E-state index contributed by atoms with van der Waals surface area (Å²) < 4.78 is 35.7. The van der Waals surface area contributed by atoms with Crippen molar-refractivity contribution in [3.05, 3.63) is 106 Å². The number of hydrazone groups is 1. The molecule has 1 N–H and O–H groups in total. The molecule has 3 aromatic carbocycles. The molecule has 1 heterocycles. The van der Waals surface area contributed by atoms with Crippen molar-refractivity contribution < 1.29 is 17.9 Å². The molecule has 0 aliphatic carbocycles. The number of rotatable bonds is 9. The quantitative estimate of drug-likeness (QED) is 0.217. The Morgan fingerprint density at radius 2 is 1.72 bits per heavy atom. The van der Waals surface area contributed by atoms with Gasteiger partial charge in [0.25, 0.3) is 15.9 Å². The zero-order valence-electron chi connectivity index (χ0n) is 22.1. The molecule has 0 radical (unpaired) electrons. The van der Waals surface area contributed by atoms with Crippen molar-refractivity contribution >= 4 is 39.4 Å². The van der Waals surface area contributed by atoms with Crippen LogP contribution < -0.4 is 14.5 Å². The van der Waals surface area contributed by atoms with Gasteiger partial charge in [0.1, 0.15) is 12.3 Å². The highest BCUT2D eigenvalue weighted by molar-refractivity contribution is 7.92. The van der Waals surface area contributed by atoms with Crippen LogP contribution in [0.15, 0.2) is 88.9 Å². The molecule has 0 spiro atoms. The molecule has 39 heavy (non-hydrogen) atoms. The molecule has 1 aromatic heterocycles. The zero-order chi connectivity index (χ0) is 28.2. The van der Waals surface area contributed by atoms with Gasteiger partial charge in [0.2, 0.25) is 0 Å². The minimum Gasteiger partial charge on any atom is -0.495 e. The normalized spacial score (nSPS) is 11.5. The Morgan fingerprint density at radius 1 is 1.03 bits per heavy atom. The van der Waals surface area contributed by atoms with Crippen LogP contribution in [0.5, 0.6) is 5.75 Å². The fraction of sp³-hybridized carbons (Fsp3) is 0.172. The van der Waals surface area contributed by atoms with E-state index < -0.39 is 22.5 Å². The molecule has 0 bridgehead atoms. The van der Waals surface area contributed by atoms with Gasteiger partial charge in [0.05, 0.1) is 34.6 Å². The predicted molar refractivity (Wildman–Crippen MR) is 155 cm³/mol. The van der Waals surface area contributed by atoms with Gasteiger partial charge in [-0.3, -0.25) is 9.10 Å². The number of carbonyl (C=O) groups is 1. The van der Waals surface area contributed by atoms with Crippen LogP contribution in [0.4, 0.5) is 5.69 Å². The number of aryl methyl sites for hydroxylation is 2. The van der Waals surface area contributed by atoms with Crippen LogP contribution in [0.3, 0.4) is 0 Å². The third-order valence-electron chi connectivity index (χ3n) is 6.18. The van der Waals surface area contributed by atoms with Gasteiger partial charge in [-0.05, 0) is 68.8 Å². The first-order valence-electron chi connectivity index (χ1n) is 12.1. The van der Waals surface area contributed by atoms with Crippen molar-refractivity contribution in [1.82, 2.24) is 9.99 Å². The van der Waals surface area contributed by atoms with Crippen molar-refractivity contribution in [3.63, 3.8) is 0 Å². The fourth-order valence-electron chi connectivity index (χ4n) is 4.28. The highest BCUT2D eigenvalue weighted by Crippen LogP contribution is 2.33. The summed E-state index contributed by atoms with van der Waals surface area (Å²) >= 11 is 6.40. The van der Waals surface area contributed by atoms with Crippen molar-refractivity contribution in [2.24, 2.45) is 5.10 Å². The minimum atomic E-state index is -4.09. The number of halogens is 1. The van der Waals surface area contributed by atoms with Crippen LogP contribution in [0, 0.1) is 20.8 Å². The first-order valence-corrected chi connectivity index (χ1v) is 13.9. The zero-order valence-corrected chi connectivity index (χ0v) is 23.6. The molecule has 1 amide bonds. The van der Waals surface area contributed by atoms with Crippen LogP contribution in [0.25, 0.3) is 5.69 Å². The Hall–Kier alpha value is -4.08. The maximum atomic E-state index is 13.6. The van der Waals surface area contributed by atoms with E-state index in [9.17, 15) is 13.2 Å². The largest absolute Gasteiger partial charge is 0.495 e. The summed E-state index contributed by atoms with van der Waals surface area (Å²) in [6, 6.07) is 22.5. The van der Waals surface area contributed by atoms with Crippen molar-refractivity contribution in [1.29, 1.82) is 0 Å². The summed E-state index contributed by atoms with van der Waals surface area (Å²) in [4.78, 5) is 13.1. The van der Waals surface area contributed by atoms with Crippen LogP contribution >= 0.6 is 11.6 Å². The molecule has 0 aliphatic heterocycles. The summed E-state index contributed by atoms with van der Waals surface area (Å²) in [7, 11) is -2.65. The summed E-state index contributed by atoms with van der Waals surface area (Å²) in [6.45, 7) is 5.21. The maximum Gasteiger partial charge on any atom is 0.264 e. The molecule has 4 rings (SSSR count). The molecular weight excluding hydrogens is 536 g/mol. The van der Waals surface area contributed by atoms with E-state index in [1.165, 1.54) is 25.5 Å². The SMILES string of the molecule is COc1ccc(C)cc1N(CC(=O)N/N=C\c1cc(C)n(-c2ccccc2Cl)c1C)S(=O)(=O)c1ccccc1. The van der Waals surface area contributed by atoms with E-state index in [4.69, 9.17) is 16.3 Å². The fourth-order valence-corrected chi connectivity index (χ4v) is 5.94. The lowest BCUT2D eigenvalue weighted by Crippen LogP contribution is -2.39. The van der Waals surface area contributed by atoms with E-state index in [0.717, 1.165) is 32.5 Å². The Bertz CT molecular complexity index is 1630.